The van der Waals surface area contributed by atoms with Crippen molar-refractivity contribution in [1.82, 2.24) is 19.8 Å². The Labute approximate surface area is 198 Å². The lowest BCUT2D eigenvalue weighted by Crippen LogP contribution is -2.49. The van der Waals surface area contributed by atoms with E-state index in [9.17, 15) is 18.4 Å². The van der Waals surface area contributed by atoms with E-state index in [0.717, 1.165) is 37.9 Å². The smallest absolute Gasteiger partial charge is 0.300 e. The minimum absolute atomic E-state index is 0.0387. The second kappa shape index (κ2) is 9.24. The van der Waals surface area contributed by atoms with Crippen molar-refractivity contribution in [3.63, 3.8) is 0 Å². The van der Waals surface area contributed by atoms with Crippen LogP contribution in [0.5, 0.6) is 0 Å². The Balaban J connectivity index is 1.20. The Hall–Kier alpha value is -2.55. The van der Waals surface area contributed by atoms with Crippen LogP contribution >= 0.6 is 0 Å². The lowest BCUT2D eigenvalue weighted by molar-refractivity contribution is -0.120. The predicted molar refractivity (Wildman–Crippen MR) is 125 cm³/mol. The van der Waals surface area contributed by atoms with Crippen LogP contribution in [-0.2, 0) is 11.2 Å². The number of nitrogens with zero attached hydrogens (tertiary/aromatic N) is 4. The highest BCUT2D eigenvalue weighted by molar-refractivity contribution is 6.07. The molecule has 2 aliphatic heterocycles. The van der Waals surface area contributed by atoms with Crippen LogP contribution in [0.3, 0.4) is 0 Å². The molecule has 5 rings (SSSR count). The lowest BCUT2D eigenvalue weighted by atomic mass is 9.83. The van der Waals surface area contributed by atoms with Gasteiger partial charge in [0.2, 0.25) is 11.8 Å². The number of carbonyl (C=O) groups is 2. The highest BCUT2D eigenvalue weighted by atomic mass is 19.3. The zero-order chi connectivity index (χ0) is 23.9. The third-order valence-corrected chi connectivity index (χ3v) is 7.89. The van der Waals surface area contributed by atoms with E-state index in [1.807, 2.05) is 6.20 Å². The normalized spacial score (nSPS) is 26.7. The third-order valence-electron chi connectivity index (χ3n) is 7.89. The van der Waals surface area contributed by atoms with Gasteiger partial charge < -0.3 is 4.90 Å². The molecule has 2 aromatic rings. The first-order valence-corrected chi connectivity index (χ1v) is 12.5. The van der Waals surface area contributed by atoms with Crippen molar-refractivity contribution < 1.29 is 18.4 Å². The molecule has 1 aliphatic carbocycles. The number of nitrogens with one attached hydrogen (secondary N) is 1. The number of rotatable bonds is 5. The van der Waals surface area contributed by atoms with Gasteiger partial charge in [-0.3, -0.25) is 15.0 Å². The Bertz CT molecular complexity index is 1060. The molecule has 3 aliphatic rings. The van der Waals surface area contributed by atoms with Gasteiger partial charge >= 0.3 is 6.03 Å². The summed E-state index contributed by atoms with van der Waals surface area (Å²) >= 11 is 0. The summed E-state index contributed by atoms with van der Waals surface area (Å²) in [5.74, 6) is -1.75. The fraction of sp³-hybridized carbons (Fsp3) is 0.640. The number of fused-ring (bicyclic) bond motifs is 1. The van der Waals surface area contributed by atoms with Crippen LogP contribution in [-0.4, -0.2) is 58.1 Å². The number of aromatic nitrogens is 2. The highest BCUT2D eigenvalue weighted by Crippen LogP contribution is 2.37. The maximum Gasteiger partial charge on any atom is 0.328 e. The molecule has 2 aromatic heterocycles. The minimum atomic E-state index is -2.46. The van der Waals surface area contributed by atoms with Gasteiger partial charge in [-0.1, -0.05) is 0 Å². The number of piperidine rings is 1. The number of pyridine rings is 1. The molecule has 2 atom stereocenters. The molecule has 2 saturated heterocycles. The number of halogens is 2. The maximum absolute atomic E-state index is 13.5. The fourth-order valence-corrected chi connectivity index (χ4v) is 5.86. The number of anilines is 1. The van der Waals surface area contributed by atoms with E-state index in [1.54, 1.807) is 15.6 Å². The number of carbonyl (C=O) groups excluding carboxylic acids is 2. The summed E-state index contributed by atoms with van der Waals surface area (Å²) in [7, 11) is 0. The van der Waals surface area contributed by atoms with Crippen LogP contribution < -0.4 is 10.2 Å². The summed E-state index contributed by atoms with van der Waals surface area (Å²) in [4.78, 5) is 27.9. The SMILES string of the molecule is C[C@H]1C[C@@H](Cc2ccn3ncc(N4CCC(=O)NC4=O)c3c2)CCN1CC1CCC(F)(F)CC1. The number of hydrogen-bond donors (Lipinski definition) is 1. The quantitative estimate of drug-likeness (QED) is 0.705. The van der Waals surface area contributed by atoms with Crippen molar-refractivity contribution in [1.29, 1.82) is 0 Å². The summed E-state index contributed by atoms with van der Waals surface area (Å²) in [6.07, 6.45) is 8.38. The molecule has 0 unspecified atom stereocenters. The molecule has 34 heavy (non-hydrogen) atoms. The van der Waals surface area contributed by atoms with Crippen LogP contribution in [0.25, 0.3) is 5.52 Å². The van der Waals surface area contributed by atoms with E-state index < -0.39 is 12.0 Å². The van der Waals surface area contributed by atoms with E-state index in [4.69, 9.17) is 0 Å². The second-order valence-electron chi connectivity index (χ2n) is 10.4. The van der Waals surface area contributed by atoms with Crippen LogP contribution in [0, 0.1) is 11.8 Å². The maximum atomic E-state index is 13.5. The van der Waals surface area contributed by atoms with Crippen LogP contribution in [0.1, 0.15) is 57.4 Å². The Morgan fingerprint density at radius 3 is 2.68 bits per heavy atom. The van der Waals surface area contributed by atoms with Crippen molar-refractivity contribution >= 4 is 23.1 Å². The number of amides is 3. The summed E-state index contributed by atoms with van der Waals surface area (Å²) in [6.45, 7) is 4.57. The number of imide groups is 1. The minimum Gasteiger partial charge on any atom is -0.300 e. The average Bonchev–Trinajstić information content (AvgIpc) is 3.20. The van der Waals surface area contributed by atoms with Gasteiger partial charge in [-0.2, -0.15) is 5.10 Å². The molecular weight excluding hydrogens is 440 g/mol. The van der Waals surface area contributed by atoms with Gasteiger partial charge in [0.15, 0.2) is 0 Å². The van der Waals surface area contributed by atoms with Crippen LogP contribution in [0.2, 0.25) is 0 Å². The summed E-state index contributed by atoms with van der Waals surface area (Å²) in [5, 5.41) is 6.75. The first-order valence-electron chi connectivity index (χ1n) is 12.5. The largest absolute Gasteiger partial charge is 0.328 e. The number of urea groups is 1. The fourth-order valence-electron chi connectivity index (χ4n) is 5.86. The molecule has 0 radical (unpaired) electrons. The molecule has 1 N–H and O–H groups in total. The van der Waals surface area contributed by atoms with E-state index in [-0.39, 0.29) is 25.2 Å². The van der Waals surface area contributed by atoms with E-state index in [2.05, 4.69) is 34.4 Å². The van der Waals surface area contributed by atoms with Crippen molar-refractivity contribution in [3.05, 3.63) is 30.1 Å². The second-order valence-corrected chi connectivity index (χ2v) is 10.4. The van der Waals surface area contributed by atoms with E-state index in [1.165, 1.54) is 5.56 Å². The molecule has 3 amide bonds. The average molecular weight is 474 g/mol. The van der Waals surface area contributed by atoms with Crippen LogP contribution in [0.15, 0.2) is 24.5 Å². The van der Waals surface area contributed by atoms with Gasteiger partial charge in [0.05, 0.1) is 17.4 Å². The Morgan fingerprint density at radius 1 is 1.15 bits per heavy atom. The predicted octanol–water partition coefficient (Wildman–Crippen LogP) is 4.25. The molecule has 9 heteroatoms. The molecule has 7 nitrogen and oxygen atoms in total. The zero-order valence-corrected chi connectivity index (χ0v) is 19.7. The zero-order valence-electron chi connectivity index (χ0n) is 19.7. The standard InChI is InChI=1S/C25H33F2N5O2/c1-17-12-19(4-9-30(17)16-18-2-7-25(26,27)8-3-18)13-20-5-11-32-21(14-20)22(15-28-32)31-10-6-23(33)29-24(31)34/h5,11,14-15,17-19H,2-4,6-10,12-13,16H2,1H3,(H,29,33,34)/t17-,19-/m0/s1. The van der Waals surface area contributed by atoms with E-state index >= 15 is 0 Å². The number of hydrogen-bond acceptors (Lipinski definition) is 4. The van der Waals surface area contributed by atoms with Gasteiger partial charge in [-0.15, -0.1) is 0 Å². The number of likely N-dealkylation sites (tertiary alicyclic amines) is 1. The van der Waals surface area contributed by atoms with Crippen molar-refractivity contribution in [2.24, 2.45) is 11.8 Å². The molecule has 1 saturated carbocycles. The first-order chi connectivity index (χ1) is 16.3. The molecule has 0 bridgehead atoms. The molecule has 184 valence electrons. The highest BCUT2D eigenvalue weighted by Gasteiger charge is 2.36. The third kappa shape index (κ3) is 4.94. The van der Waals surface area contributed by atoms with Gasteiger partial charge in [-0.25, -0.2) is 18.1 Å². The summed E-state index contributed by atoms with van der Waals surface area (Å²) in [5.41, 5.74) is 2.79. The molecule has 3 fully saturated rings. The van der Waals surface area contributed by atoms with Gasteiger partial charge in [-0.05, 0) is 75.1 Å². The van der Waals surface area contributed by atoms with Crippen molar-refractivity contribution in [3.8, 4) is 0 Å². The molecule has 0 spiro atoms. The summed E-state index contributed by atoms with van der Waals surface area (Å²) < 4.78 is 28.7. The van der Waals surface area contributed by atoms with Gasteiger partial charge in [0.1, 0.15) is 0 Å². The summed E-state index contributed by atoms with van der Waals surface area (Å²) in [6, 6.07) is 4.23. The van der Waals surface area contributed by atoms with Crippen molar-refractivity contribution in [2.75, 3.05) is 24.5 Å². The lowest BCUT2D eigenvalue weighted by Gasteiger charge is -2.41. The number of alkyl halides is 2. The van der Waals surface area contributed by atoms with E-state index in [0.29, 0.717) is 43.0 Å². The molecular formula is C25H33F2N5O2. The molecule has 4 heterocycles. The Kier molecular flexibility index (Phi) is 6.31. The monoisotopic (exact) mass is 473 g/mol. The van der Waals surface area contributed by atoms with Crippen molar-refractivity contribution in [2.45, 2.75) is 70.3 Å². The van der Waals surface area contributed by atoms with Crippen LogP contribution in [0.4, 0.5) is 19.3 Å². The molecule has 0 aromatic carbocycles. The Morgan fingerprint density at radius 2 is 1.94 bits per heavy atom. The van der Waals surface area contributed by atoms with Gasteiger partial charge in [0, 0.05) is 44.6 Å². The topological polar surface area (TPSA) is 70.0 Å². The first kappa shape index (κ1) is 23.2. The van der Waals surface area contributed by atoms with Gasteiger partial charge in [0.25, 0.3) is 0 Å².